The van der Waals surface area contributed by atoms with Crippen molar-refractivity contribution in [1.82, 2.24) is 4.40 Å². The highest BCUT2D eigenvalue weighted by Crippen LogP contribution is 2.19. The van der Waals surface area contributed by atoms with Gasteiger partial charge in [0.2, 0.25) is 6.33 Å². The number of anilines is 1. The molecule has 23 heavy (non-hydrogen) atoms. The van der Waals surface area contributed by atoms with E-state index in [1.165, 1.54) is 0 Å². The molecule has 0 fully saturated rings. The number of nitrogens with zero attached hydrogens (tertiary/aromatic N) is 2. The van der Waals surface area contributed by atoms with Gasteiger partial charge in [-0.3, -0.25) is 4.79 Å². The minimum Gasteiger partial charge on any atom is -0.322 e. The van der Waals surface area contributed by atoms with E-state index in [0.717, 1.165) is 22.3 Å². The minimum absolute atomic E-state index is 0.0201. The molecule has 3 aromatic rings. The Morgan fingerprint density at radius 2 is 1.83 bits per heavy atom. The Bertz CT molecular complexity index is 758. The first-order valence-electron chi connectivity index (χ1n) is 7.53. The van der Waals surface area contributed by atoms with Gasteiger partial charge in [-0.2, -0.15) is 0 Å². The summed E-state index contributed by atoms with van der Waals surface area (Å²) in [4.78, 5) is 12.2. The van der Waals surface area contributed by atoms with Gasteiger partial charge in [0.15, 0.2) is 12.1 Å². The molecular weight excluding hydrogens is 305 g/mol. The van der Waals surface area contributed by atoms with Crippen molar-refractivity contribution in [1.29, 1.82) is 0 Å². The fraction of sp³-hybridized carbons (Fsp3) is 0.222. The number of hydrogen-bond donors (Lipinski definition) is 1. The van der Waals surface area contributed by atoms with Crippen LogP contribution in [0.2, 0.25) is 0 Å². The number of pyridine rings is 1. The Hall–Kier alpha value is -2.19. The summed E-state index contributed by atoms with van der Waals surface area (Å²) >= 11 is 0. The van der Waals surface area contributed by atoms with E-state index in [2.05, 4.69) is 14.6 Å². The molecule has 2 aromatic heterocycles. The van der Waals surface area contributed by atoms with Crippen molar-refractivity contribution >= 4 is 26.4 Å². The number of rotatable bonds is 3. The molecule has 120 valence electrons. The van der Waals surface area contributed by atoms with Crippen molar-refractivity contribution in [2.75, 3.05) is 12.0 Å². The fourth-order valence-electron chi connectivity index (χ4n) is 2.49. The van der Waals surface area contributed by atoms with Crippen LogP contribution in [0.1, 0.15) is 11.1 Å². The molecule has 0 bridgehead atoms. The molecule has 1 unspecified atom stereocenters. The molecule has 2 heterocycles. The van der Waals surface area contributed by atoms with Crippen LogP contribution in [0.25, 0.3) is 5.52 Å². The second-order valence-electron chi connectivity index (χ2n) is 5.26. The van der Waals surface area contributed by atoms with Crippen LogP contribution < -0.4 is 9.88 Å². The van der Waals surface area contributed by atoms with Crippen LogP contribution in [0.15, 0.2) is 55.1 Å². The van der Waals surface area contributed by atoms with Crippen molar-refractivity contribution in [2.45, 2.75) is 20.4 Å². The van der Waals surface area contributed by atoms with Crippen molar-refractivity contribution in [3.8, 4) is 0 Å². The highest BCUT2D eigenvalue weighted by molar-refractivity contribution is 7.15. The molecule has 0 spiro atoms. The Morgan fingerprint density at radius 3 is 2.48 bits per heavy atom. The summed E-state index contributed by atoms with van der Waals surface area (Å²) in [5.74, 6) is -0.0201. The number of benzene rings is 1. The van der Waals surface area contributed by atoms with E-state index in [1.54, 1.807) is 0 Å². The van der Waals surface area contributed by atoms with E-state index in [-0.39, 0.29) is 5.91 Å². The number of hydrogen-bond acceptors (Lipinski definition) is 1. The summed E-state index contributed by atoms with van der Waals surface area (Å²) in [6, 6.07) is 12.0. The summed E-state index contributed by atoms with van der Waals surface area (Å²) in [5, 5.41) is 3.00. The van der Waals surface area contributed by atoms with E-state index in [1.807, 2.05) is 84.6 Å². The number of nitrogens with one attached hydrogen (secondary N) is 1. The van der Waals surface area contributed by atoms with Gasteiger partial charge in [0.05, 0.1) is 6.20 Å². The van der Waals surface area contributed by atoms with Gasteiger partial charge in [0, 0.05) is 5.69 Å². The van der Waals surface area contributed by atoms with E-state index < -0.39 is 0 Å². The van der Waals surface area contributed by atoms with E-state index >= 15 is 0 Å². The van der Waals surface area contributed by atoms with Gasteiger partial charge < -0.3 is 5.32 Å². The largest absolute Gasteiger partial charge is 0.322 e. The van der Waals surface area contributed by atoms with Gasteiger partial charge >= 0.3 is 0 Å². The third-order valence-corrected chi connectivity index (χ3v) is 3.57. The summed E-state index contributed by atoms with van der Waals surface area (Å²) in [6.07, 6.45) is 5.85. The predicted octanol–water partition coefficient (Wildman–Crippen LogP) is 2.97. The lowest BCUT2D eigenvalue weighted by molar-refractivity contribution is -0.682. The third kappa shape index (κ3) is 4.17. The van der Waals surface area contributed by atoms with Crippen LogP contribution in [0.4, 0.5) is 5.69 Å². The number of aryl methyl sites for hydroxylation is 2. The highest BCUT2D eigenvalue weighted by Gasteiger charge is 2.12. The van der Waals surface area contributed by atoms with Gasteiger partial charge in [0.25, 0.3) is 5.91 Å². The zero-order valence-electron chi connectivity index (χ0n) is 13.8. The topological polar surface area (TPSA) is 37.4 Å². The van der Waals surface area contributed by atoms with Gasteiger partial charge in [-0.25, -0.2) is 8.97 Å². The summed E-state index contributed by atoms with van der Waals surface area (Å²) in [5.41, 5.74) is 4.13. The number of amides is 1. The lowest BCUT2D eigenvalue weighted by Gasteiger charge is -2.10. The fourth-order valence-corrected chi connectivity index (χ4v) is 2.49. The van der Waals surface area contributed by atoms with Crippen LogP contribution in [-0.4, -0.2) is 17.0 Å². The number of carbonyl (C=O) groups excluding carboxylic acids is 1. The minimum atomic E-state index is -0.0201. The van der Waals surface area contributed by atoms with Crippen LogP contribution >= 0.6 is 9.24 Å². The molecule has 0 saturated carbocycles. The first kappa shape index (κ1) is 17.2. The zero-order chi connectivity index (χ0) is 16.8. The normalized spacial score (nSPS) is 10.1. The molecule has 0 radical (unpaired) electrons. The second-order valence-corrected chi connectivity index (χ2v) is 5.26. The summed E-state index contributed by atoms with van der Waals surface area (Å²) in [7, 11) is 2.42. The summed E-state index contributed by atoms with van der Waals surface area (Å²) in [6.45, 7) is 6.22. The standard InChI is InChI=1S/C17H17N3O.CH5P/c1-13-6-5-7-14(2)17(13)18-16(21)11-19-10-15-8-3-4-9-20(15)12-19;1-2/h3-10,12H,11H2,1-2H3;2H2,1H3/p+1. The van der Waals surface area contributed by atoms with Crippen molar-refractivity contribution in [2.24, 2.45) is 0 Å². The average molecular weight is 328 g/mol. The Labute approximate surface area is 139 Å². The first-order valence-corrected chi connectivity index (χ1v) is 8.68. The second kappa shape index (κ2) is 7.89. The molecule has 3 rings (SSSR count). The monoisotopic (exact) mass is 328 g/mol. The molecule has 0 aliphatic rings. The first-order chi connectivity index (χ1) is 11.1. The molecule has 0 aliphatic carbocycles. The molecule has 0 saturated heterocycles. The lowest BCUT2D eigenvalue weighted by Crippen LogP contribution is -2.38. The maximum Gasteiger partial charge on any atom is 0.266 e. The molecule has 5 heteroatoms. The van der Waals surface area contributed by atoms with Gasteiger partial charge in [-0.05, 0) is 37.1 Å². The van der Waals surface area contributed by atoms with Crippen LogP contribution in [-0.2, 0) is 11.3 Å². The quantitative estimate of drug-likeness (QED) is 0.582. The number of para-hydroxylation sites is 1. The molecule has 1 aromatic carbocycles. The molecular formula is C18H23N3OP+. The smallest absolute Gasteiger partial charge is 0.266 e. The maximum absolute atomic E-state index is 12.2. The van der Waals surface area contributed by atoms with Crippen LogP contribution in [0.5, 0.6) is 0 Å². The number of imidazole rings is 1. The Balaban J connectivity index is 0.000000924. The highest BCUT2D eigenvalue weighted by atomic mass is 31.0. The third-order valence-electron chi connectivity index (χ3n) is 3.57. The van der Waals surface area contributed by atoms with Gasteiger partial charge in [-0.1, -0.05) is 30.9 Å². The van der Waals surface area contributed by atoms with Crippen molar-refractivity contribution in [3.05, 3.63) is 66.2 Å². The summed E-state index contributed by atoms with van der Waals surface area (Å²) < 4.78 is 3.88. The van der Waals surface area contributed by atoms with Crippen molar-refractivity contribution < 1.29 is 9.36 Å². The molecule has 1 atom stereocenters. The maximum atomic E-state index is 12.2. The van der Waals surface area contributed by atoms with E-state index in [4.69, 9.17) is 0 Å². The number of fused-ring (bicyclic) bond motifs is 1. The molecule has 0 aliphatic heterocycles. The SMILES string of the molecule is CP.Cc1cccc(C)c1NC(=O)C[n+]1cc2ccccn2c1. The average Bonchev–Trinajstić information content (AvgIpc) is 2.95. The molecule has 1 amide bonds. The molecule has 4 nitrogen and oxygen atoms in total. The van der Waals surface area contributed by atoms with E-state index in [0.29, 0.717) is 6.54 Å². The van der Waals surface area contributed by atoms with Crippen molar-refractivity contribution in [3.63, 3.8) is 0 Å². The van der Waals surface area contributed by atoms with Gasteiger partial charge in [-0.15, -0.1) is 9.24 Å². The van der Waals surface area contributed by atoms with Crippen LogP contribution in [0, 0.1) is 13.8 Å². The zero-order valence-corrected chi connectivity index (χ0v) is 14.9. The Morgan fingerprint density at radius 1 is 1.13 bits per heavy atom. The van der Waals surface area contributed by atoms with E-state index in [9.17, 15) is 4.79 Å². The Kier molecular flexibility index (Phi) is 5.89. The molecule has 1 N–H and O–H groups in total. The van der Waals surface area contributed by atoms with Gasteiger partial charge in [0.1, 0.15) is 6.20 Å². The van der Waals surface area contributed by atoms with Crippen LogP contribution in [0.3, 0.4) is 0 Å². The number of aromatic nitrogens is 2. The lowest BCUT2D eigenvalue weighted by atomic mass is 10.1. The predicted molar refractivity (Wildman–Crippen MR) is 97.8 cm³/mol. The number of carbonyl (C=O) groups is 1.